The van der Waals surface area contributed by atoms with Crippen molar-refractivity contribution in [1.29, 1.82) is 5.41 Å². The minimum absolute atomic E-state index is 0.0481. The molecule has 2 fully saturated rings. The molecule has 1 aromatic carbocycles. The fourth-order valence-corrected chi connectivity index (χ4v) is 4.47. The number of rotatable bonds is 7. The van der Waals surface area contributed by atoms with E-state index in [1.807, 2.05) is 35.2 Å². The molecule has 2 aliphatic rings. The summed E-state index contributed by atoms with van der Waals surface area (Å²) in [5.41, 5.74) is 16.0. The van der Waals surface area contributed by atoms with E-state index in [2.05, 4.69) is 15.4 Å². The zero-order chi connectivity index (χ0) is 23.7. The van der Waals surface area contributed by atoms with Gasteiger partial charge in [0.25, 0.3) is 0 Å². The zero-order valence-electron chi connectivity index (χ0n) is 18.8. The van der Waals surface area contributed by atoms with E-state index in [1.165, 1.54) is 6.21 Å². The molecule has 3 aromatic rings. The Kier molecular flexibility index (Phi) is 5.76. The van der Waals surface area contributed by atoms with Crippen molar-refractivity contribution in [2.24, 2.45) is 11.7 Å². The van der Waals surface area contributed by atoms with Gasteiger partial charge in [-0.15, -0.1) is 0 Å². The molecule has 0 bridgehead atoms. The topological polar surface area (TPSA) is 148 Å². The van der Waals surface area contributed by atoms with Crippen LogP contribution >= 0.6 is 0 Å². The van der Waals surface area contributed by atoms with Gasteiger partial charge in [-0.05, 0) is 24.6 Å². The first-order valence-corrected chi connectivity index (χ1v) is 11.3. The van der Waals surface area contributed by atoms with Crippen molar-refractivity contribution in [3.05, 3.63) is 54.5 Å². The Labute approximate surface area is 197 Å². The van der Waals surface area contributed by atoms with Crippen LogP contribution in [0.15, 0.2) is 48.9 Å². The molecule has 1 amide bonds. The third kappa shape index (κ3) is 4.02. The van der Waals surface area contributed by atoms with Gasteiger partial charge in [0.2, 0.25) is 5.91 Å². The minimum Gasteiger partial charge on any atom is -0.399 e. The van der Waals surface area contributed by atoms with E-state index < -0.39 is 5.54 Å². The lowest BCUT2D eigenvalue weighted by Crippen LogP contribution is -2.73. The van der Waals surface area contributed by atoms with Crippen molar-refractivity contribution in [1.82, 2.24) is 24.8 Å². The highest BCUT2D eigenvalue weighted by Crippen LogP contribution is 2.26. The van der Waals surface area contributed by atoms with Gasteiger partial charge in [0, 0.05) is 61.0 Å². The molecule has 0 saturated carbocycles. The van der Waals surface area contributed by atoms with Crippen molar-refractivity contribution in [2.75, 3.05) is 38.6 Å². The van der Waals surface area contributed by atoms with Crippen molar-refractivity contribution < 1.29 is 9.53 Å². The maximum Gasteiger partial charge on any atom is 0.228 e. The quantitative estimate of drug-likeness (QED) is 0.305. The molecular formula is C24H28N8O2. The monoisotopic (exact) mass is 460 g/mol. The van der Waals surface area contributed by atoms with E-state index >= 15 is 0 Å². The van der Waals surface area contributed by atoms with E-state index in [-0.39, 0.29) is 11.8 Å². The average Bonchev–Trinajstić information content (AvgIpc) is 3.50. The Morgan fingerprint density at radius 3 is 2.88 bits per heavy atom. The molecule has 6 N–H and O–H groups in total. The molecule has 34 heavy (non-hydrogen) atoms. The van der Waals surface area contributed by atoms with Crippen molar-refractivity contribution in [3.8, 4) is 11.3 Å². The highest BCUT2D eigenvalue weighted by atomic mass is 16.5. The van der Waals surface area contributed by atoms with Crippen LogP contribution < -0.4 is 16.8 Å². The number of hydrogen-bond acceptors (Lipinski definition) is 8. The third-order valence-electron chi connectivity index (χ3n) is 6.53. The molecule has 1 unspecified atom stereocenters. The largest absolute Gasteiger partial charge is 0.399 e. The van der Waals surface area contributed by atoms with Gasteiger partial charge >= 0.3 is 0 Å². The molecule has 10 nitrogen and oxygen atoms in total. The summed E-state index contributed by atoms with van der Waals surface area (Å²) in [6.07, 6.45) is 7.28. The molecule has 1 atom stereocenters. The van der Waals surface area contributed by atoms with Gasteiger partial charge in [-0.1, -0.05) is 12.1 Å². The third-order valence-corrected chi connectivity index (χ3v) is 6.53. The van der Waals surface area contributed by atoms with Gasteiger partial charge in [-0.2, -0.15) is 5.10 Å². The smallest absolute Gasteiger partial charge is 0.228 e. The van der Waals surface area contributed by atoms with Crippen molar-refractivity contribution in [2.45, 2.75) is 12.0 Å². The molecule has 0 spiro atoms. The second kappa shape index (κ2) is 8.88. The Hall–Kier alpha value is -3.76. The first-order valence-electron chi connectivity index (χ1n) is 11.3. The number of nitrogens with one attached hydrogen (secondary N) is 2. The number of fused-ring (bicyclic) bond motifs is 1. The molecule has 2 aliphatic heterocycles. The van der Waals surface area contributed by atoms with Gasteiger partial charge in [-0.3, -0.25) is 4.79 Å². The van der Waals surface area contributed by atoms with Crippen LogP contribution in [0.1, 0.15) is 12.0 Å². The molecular weight excluding hydrogens is 432 g/mol. The van der Waals surface area contributed by atoms with E-state index in [0.29, 0.717) is 49.8 Å². The number of amides is 1. The number of likely N-dealkylation sites (tertiary alicyclic amines) is 1. The molecule has 10 heteroatoms. The minimum atomic E-state index is -0.408. The number of ether oxygens (including phenoxy) is 1. The number of aromatic nitrogens is 3. The van der Waals surface area contributed by atoms with Gasteiger partial charge in [-0.25, -0.2) is 9.50 Å². The maximum atomic E-state index is 12.6. The van der Waals surface area contributed by atoms with Crippen molar-refractivity contribution >= 4 is 29.0 Å². The lowest BCUT2D eigenvalue weighted by Gasteiger charge is -2.50. The fraction of sp³-hybridized carbons (Fsp3) is 0.333. The number of carbonyl (C=O) groups is 1. The molecule has 4 heterocycles. The Balaban J connectivity index is 1.32. The summed E-state index contributed by atoms with van der Waals surface area (Å²) in [6.45, 7) is 2.58. The number of hydrogen-bond donors (Lipinski definition) is 4. The van der Waals surface area contributed by atoms with Crippen LogP contribution in [0.3, 0.4) is 0 Å². The summed E-state index contributed by atoms with van der Waals surface area (Å²) in [4.78, 5) is 18.9. The highest BCUT2D eigenvalue weighted by molar-refractivity contribution is 6.08. The first kappa shape index (κ1) is 22.1. The zero-order valence-corrected chi connectivity index (χ0v) is 18.8. The van der Waals surface area contributed by atoms with Gasteiger partial charge < -0.3 is 31.8 Å². The fourth-order valence-electron chi connectivity index (χ4n) is 4.47. The van der Waals surface area contributed by atoms with Gasteiger partial charge in [0.15, 0.2) is 5.65 Å². The number of benzene rings is 1. The summed E-state index contributed by atoms with van der Waals surface area (Å²) in [7, 11) is 0. The Morgan fingerprint density at radius 1 is 1.32 bits per heavy atom. The molecule has 2 saturated heterocycles. The molecule has 176 valence electrons. The molecule has 2 aromatic heterocycles. The van der Waals surface area contributed by atoms with Gasteiger partial charge in [0.05, 0.1) is 36.2 Å². The summed E-state index contributed by atoms with van der Waals surface area (Å²) in [6, 6.07) is 9.45. The van der Waals surface area contributed by atoms with Crippen LogP contribution in [0.4, 0.5) is 5.69 Å². The lowest BCUT2D eigenvalue weighted by atomic mass is 9.88. The number of allylic oxidation sites excluding steroid dienone is 1. The van der Waals surface area contributed by atoms with Crippen LogP contribution in [-0.2, 0) is 9.53 Å². The van der Waals surface area contributed by atoms with Gasteiger partial charge in [0.1, 0.15) is 0 Å². The first-order chi connectivity index (χ1) is 16.5. The summed E-state index contributed by atoms with van der Waals surface area (Å²) < 4.78 is 7.09. The van der Waals surface area contributed by atoms with Crippen LogP contribution in [0.25, 0.3) is 22.5 Å². The standard InChI is InChI=1S/C24H28N8O2/c25-8-19(9-29-24(13-26)14-31(15-24)23(33)17-4-5-34-12-17)18-7-22-28-11-21(32(22)30-10-18)16-2-1-3-20(27)6-16/h1-3,6-11,17,25,29H,4-5,12-15,26-27H2/b19-9+,25-8?. The predicted molar refractivity (Wildman–Crippen MR) is 130 cm³/mol. The maximum absolute atomic E-state index is 12.6. The van der Waals surface area contributed by atoms with E-state index in [4.69, 9.17) is 21.6 Å². The van der Waals surface area contributed by atoms with E-state index in [9.17, 15) is 4.79 Å². The van der Waals surface area contributed by atoms with Crippen LogP contribution in [-0.4, -0.2) is 70.0 Å². The number of imidazole rings is 1. The van der Waals surface area contributed by atoms with E-state index in [0.717, 1.165) is 23.2 Å². The Morgan fingerprint density at radius 2 is 2.18 bits per heavy atom. The second-order valence-electron chi connectivity index (χ2n) is 8.91. The Bertz CT molecular complexity index is 1250. The van der Waals surface area contributed by atoms with Crippen LogP contribution in [0, 0.1) is 11.3 Å². The summed E-state index contributed by atoms with van der Waals surface area (Å²) in [5.74, 6) is 0.0811. The second-order valence-corrected chi connectivity index (χ2v) is 8.91. The van der Waals surface area contributed by atoms with E-state index in [1.54, 1.807) is 23.1 Å². The SMILES string of the molecule is N=C/C(=C\NC1(CN)CN(C(=O)C2CCOC2)C1)c1cnn2c(-c3cccc(N)c3)cnc2c1. The lowest BCUT2D eigenvalue weighted by molar-refractivity contribution is -0.143. The molecule has 0 aliphatic carbocycles. The normalized spacial score (nSPS) is 19.7. The molecule has 0 radical (unpaired) electrons. The van der Waals surface area contributed by atoms with Crippen LogP contribution in [0.5, 0.6) is 0 Å². The average molecular weight is 461 g/mol. The number of nitrogens with zero attached hydrogens (tertiary/aromatic N) is 4. The number of anilines is 1. The summed E-state index contributed by atoms with van der Waals surface area (Å²) >= 11 is 0. The van der Waals surface area contributed by atoms with Crippen LogP contribution in [0.2, 0.25) is 0 Å². The molecule has 5 rings (SSSR count). The predicted octanol–water partition coefficient (Wildman–Crippen LogP) is 1.13. The number of carbonyl (C=O) groups excluding carboxylic acids is 1. The summed E-state index contributed by atoms with van der Waals surface area (Å²) in [5, 5.41) is 15.8. The number of nitrogens with two attached hydrogens (primary N) is 2. The number of nitrogen functional groups attached to an aromatic ring is 1. The van der Waals surface area contributed by atoms with Crippen molar-refractivity contribution in [3.63, 3.8) is 0 Å². The highest BCUT2D eigenvalue weighted by Gasteiger charge is 2.45.